The van der Waals surface area contributed by atoms with Crippen molar-refractivity contribution in [3.05, 3.63) is 107 Å². The molecule has 2 heterocycles. The minimum Gasteiger partial charge on any atom is -0.475 e. The van der Waals surface area contributed by atoms with Gasteiger partial charge in [-0.2, -0.15) is 13.2 Å². The number of carboxylic acids is 1. The molecule has 5 rings (SSSR count). The highest BCUT2D eigenvalue weighted by atomic mass is 32.2. The maximum atomic E-state index is 13.3. The van der Waals surface area contributed by atoms with Crippen molar-refractivity contribution >= 4 is 27.5 Å². The van der Waals surface area contributed by atoms with Crippen molar-refractivity contribution in [1.29, 1.82) is 0 Å². The number of aryl methyl sites for hydroxylation is 1. The van der Waals surface area contributed by atoms with Gasteiger partial charge in [0.2, 0.25) is 0 Å². The molecule has 3 aromatic carbocycles. The molecular formula is C31H32F3N5O5S. The molecule has 14 heteroatoms. The molecule has 1 aliphatic heterocycles. The maximum absolute atomic E-state index is 13.3. The number of rotatable bonds is 7. The summed E-state index contributed by atoms with van der Waals surface area (Å²) in [6.07, 6.45) is -2.55. The quantitative estimate of drug-likeness (QED) is 0.268. The fourth-order valence-corrected chi connectivity index (χ4v) is 5.68. The molecule has 1 saturated heterocycles. The third-order valence-electron chi connectivity index (χ3n) is 6.89. The third kappa shape index (κ3) is 9.16. The minimum absolute atomic E-state index is 0.166. The molecule has 0 unspecified atom stereocenters. The van der Waals surface area contributed by atoms with Crippen LogP contribution in [0.15, 0.2) is 94.9 Å². The van der Waals surface area contributed by atoms with Crippen LogP contribution < -0.4 is 20.5 Å². The Labute approximate surface area is 258 Å². The number of hydrogen-bond acceptors (Lipinski definition) is 7. The normalized spacial score (nSPS) is 13.7. The summed E-state index contributed by atoms with van der Waals surface area (Å²) in [7, 11) is -3.84. The highest BCUT2D eigenvalue weighted by molar-refractivity contribution is 7.92. The molecule has 3 N–H and O–H groups in total. The van der Waals surface area contributed by atoms with Crippen molar-refractivity contribution in [1.82, 2.24) is 14.9 Å². The Morgan fingerprint density at radius 2 is 1.64 bits per heavy atom. The standard InChI is InChI=1S/C29H31N5O3S.C2HF3O2/c1-22-8-13-27(32-38(36,37)26-11-9-24(10-12-26)23-6-3-2-4-7-23)25(18-22)20-34-21-31-28(19-29(34)35)33-16-5-14-30-15-17-33;3-2(4,5)1(6)7/h2-4,6-13,18-19,21,30,32H,5,14-17,20H2,1H3;(H,6,7). The van der Waals surface area contributed by atoms with Crippen molar-refractivity contribution in [2.75, 3.05) is 35.8 Å². The van der Waals surface area contributed by atoms with E-state index in [4.69, 9.17) is 9.90 Å². The van der Waals surface area contributed by atoms with E-state index in [0.717, 1.165) is 49.3 Å². The SMILES string of the molecule is Cc1ccc(NS(=O)(=O)c2ccc(-c3ccccc3)cc2)c(Cn2cnc(N3CCCNCC3)cc2=O)c1.O=C(O)C(F)(F)F. The van der Waals surface area contributed by atoms with E-state index < -0.39 is 22.2 Å². The van der Waals surface area contributed by atoms with Crippen LogP contribution in [0, 0.1) is 6.92 Å². The number of anilines is 2. The van der Waals surface area contributed by atoms with E-state index in [2.05, 4.69) is 19.9 Å². The van der Waals surface area contributed by atoms with Gasteiger partial charge in [-0.15, -0.1) is 0 Å². The Kier molecular flexibility index (Phi) is 10.6. The summed E-state index contributed by atoms with van der Waals surface area (Å²) >= 11 is 0. The van der Waals surface area contributed by atoms with E-state index in [0.29, 0.717) is 17.1 Å². The van der Waals surface area contributed by atoms with Crippen LogP contribution >= 0.6 is 0 Å². The van der Waals surface area contributed by atoms with Crippen LogP contribution in [0.25, 0.3) is 11.1 Å². The van der Waals surface area contributed by atoms with Gasteiger partial charge in [0.1, 0.15) is 12.1 Å². The third-order valence-corrected chi connectivity index (χ3v) is 8.27. The number of carboxylic acid groups (broad SMARTS) is 1. The summed E-state index contributed by atoms with van der Waals surface area (Å²) < 4.78 is 62.5. The van der Waals surface area contributed by atoms with Gasteiger partial charge >= 0.3 is 12.1 Å². The number of halogens is 3. The molecule has 0 spiro atoms. The molecule has 0 aliphatic carbocycles. The number of nitrogens with one attached hydrogen (secondary N) is 2. The zero-order valence-corrected chi connectivity index (χ0v) is 25.1. The van der Waals surface area contributed by atoms with Crippen molar-refractivity contribution < 1.29 is 31.5 Å². The summed E-state index contributed by atoms with van der Waals surface area (Å²) in [4.78, 5) is 28.7. The van der Waals surface area contributed by atoms with E-state index >= 15 is 0 Å². The lowest BCUT2D eigenvalue weighted by molar-refractivity contribution is -0.192. The lowest BCUT2D eigenvalue weighted by atomic mass is 10.1. The van der Waals surface area contributed by atoms with Gasteiger partial charge in [0.15, 0.2) is 0 Å². The molecule has 1 aromatic heterocycles. The number of hydrogen-bond donors (Lipinski definition) is 3. The maximum Gasteiger partial charge on any atom is 0.490 e. The van der Waals surface area contributed by atoms with Crippen LogP contribution in [0.5, 0.6) is 0 Å². The van der Waals surface area contributed by atoms with E-state index in [1.54, 1.807) is 42.7 Å². The van der Waals surface area contributed by atoms with Crippen LogP contribution in [0.4, 0.5) is 24.7 Å². The zero-order valence-electron chi connectivity index (χ0n) is 24.3. The highest BCUT2D eigenvalue weighted by Gasteiger charge is 2.38. The number of aliphatic carboxylic acids is 1. The molecule has 0 amide bonds. The van der Waals surface area contributed by atoms with Crippen LogP contribution in [0.1, 0.15) is 17.5 Å². The van der Waals surface area contributed by atoms with Gasteiger partial charge in [0.25, 0.3) is 15.6 Å². The van der Waals surface area contributed by atoms with Gasteiger partial charge in [0, 0.05) is 25.7 Å². The second-order valence-corrected chi connectivity index (χ2v) is 11.9. The summed E-state index contributed by atoms with van der Waals surface area (Å²) in [6, 6.07) is 23.6. The van der Waals surface area contributed by atoms with Crippen LogP contribution in [0.2, 0.25) is 0 Å². The number of alkyl halides is 3. The number of carbonyl (C=O) groups is 1. The fraction of sp³-hybridized carbons (Fsp3) is 0.258. The predicted octanol–water partition coefficient (Wildman–Crippen LogP) is 4.50. The summed E-state index contributed by atoms with van der Waals surface area (Å²) in [5, 5.41) is 10.5. The predicted molar refractivity (Wildman–Crippen MR) is 165 cm³/mol. The van der Waals surface area contributed by atoms with Crippen LogP contribution in [-0.2, 0) is 21.4 Å². The zero-order chi connectivity index (χ0) is 32.6. The summed E-state index contributed by atoms with van der Waals surface area (Å²) in [5.41, 5.74) is 3.85. The molecule has 45 heavy (non-hydrogen) atoms. The van der Waals surface area contributed by atoms with E-state index in [-0.39, 0.29) is 17.0 Å². The van der Waals surface area contributed by atoms with Crippen molar-refractivity contribution in [3.63, 3.8) is 0 Å². The van der Waals surface area contributed by atoms with Gasteiger partial charge in [0.05, 0.1) is 17.1 Å². The molecule has 238 valence electrons. The smallest absolute Gasteiger partial charge is 0.475 e. The van der Waals surface area contributed by atoms with E-state index in [9.17, 15) is 26.4 Å². The highest BCUT2D eigenvalue weighted by Crippen LogP contribution is 2.25. The van der Waals surface area contributed by atoms with Gasteiger partial charge in [-0.25, -0.2) is 18.2 Å². The lowest BCUT2D eigenvalue weighted by Gasteiger charge is -2.21. The molecule has 0 bridgehead atoms. The van der Waals surface area contributed by atoms with Crippen molar-refractivity contribution in [3.8, 4) is 11.1 Å². The number of sulfonamides is 1. The fourth-order valence-electron chi connectivity index (χ4n) is 4.58. The Morgan fingerprint density at radius 1 is 0.978 bits per heavy atom. The van der Waals surface area contributed by atoms with E-state index in [1.807, 2.05) is 49.4 Å². The molecule has 4 aromatic rings. The number of benzene rings is 3. The molecule has 0 saturated carbocycles. The van der Waals surface area contributed by atoms with Gasteiger partial charge in [-0.05, 0) is 54.8 Å². The van der Waals surface area contributed by atoms with Gasteiger partial charge in [-0.1, -0.05) is 60.2 Å². The largest absolute Gasteiger partial charge is 0.490 e. The second kappa shape index (κ2) is 14.4. The van der Waals surface area contributed by atoms with Gasteiger partial charge in [-0.3, -0.25) is 14.1 Å². The Hall–Kier alpha value is -4.69. The summed E-state index contributed by atoms with van der Waals surface area (Å²) in [5.74, 6) is -2.09. The van der Waals surface area contributed by atoms with Gasteiger partial charge < -0.3 is 15.3 Å². The average Bonchev–Trinajstić information content (AvgIpc) is 3.30. The Bertz CT molecular complexity index is 1770. The molecule has 1 fully saturated rings. The Balaban J connectivity index is 0.000000591. The first-order valence-corrected chi connectivity index (χ1v) is 15.4. The Morgan fingerprint density at radius 3 is 2.29 bits per heavy atom. The van der Waals surface area contributed by atoms with Crippen LogP contribution in [-0.4, -0.2) is 61.4 Å². The van der Waals surface area contributed by atoms with Crippen molar-refractivity contribution in [2.45, 2.75) is 31.0 Å². The first-order chi connectivity index (χ1) is 21.3. The number of nitrogens with zero attached hydrogens (tertiary/aromatic N) is 3. The second-order valence-electron chi connectivity index (χ2n) is 10.3. The summed E-state index contributed by atoms with van der Waals surface area (Å²) in [6.45, 7) is 5.58. The first-order valence-electron chi connectivity index (χ1n) is 13.9. The lowest BCUT2D eigenvalue weighted by Crippen LogP contribution is -2.31. The number of aromatic nitrogens is 2. The molecule has 0 atom stereocenters. The minimum atomic E-state index is -5.08. The molecular weight excluding hydrogens is 611 g/mol. The topological polar surface area (TPSA) is 134 Å². The van der Waals surface area contributed by atoms with E-state index in [1.165, 1.54) is 4.57 Å². The molecule has 10 nitrogen and oxygen atoms in total. The first kappa shape index (κ1) is 33.2. The molecule has 1 aliphatic rings. The molecule has 0 radical (unpaired) electrons. The average molecular weight is 644 g/mol. The van der Waals surface area contributed by atoms with Crippen LogP contribution in [0.3, 0.4) is 0 Å². The monoisotopic (exact) mass is 643 g/mol. The van der Waals surface area contributed by atoms with Crippen molar-refractivity contribution in [2.24, 2.45) is 0 Å².